The Kier molecular flexibility index (Phi) is 2.43. The molecule has 0 radical (unpaired) electrons. The van der Waals surface area contributed by atoms with Crippen LogP contribution in [0.25, 0.3) is 10.8 Å². The molecule has 4 nitrogen and oxygen atoms in total. The molecule has 0 amide bonds. The van der Waals surface area contributed by atoms with Gasteiger partial charge in [0.25, 0.3) is 0 Å². The Hall–Kier alpha value is -1.81. The van der Waals surface area contributed by atoms with Crippen LogP contribution in [0.5, 0.6) is 0 Å². The van der Waals surface area contributed by atoms with Crippen LogP contribution in [-0.4, -0.2) is 22.0 Å². The van der Waals surface area contributed by atoms with Gasteiger partial charge in [0.2, 0.25) is 0 Å². The van der Waals surface area contributed by atoms with Gasteiger partial charge in [0, 0.05) is 16.3 Å². The van der Waals surface area contributed by atoms with Crippen molar-refractivity contribution < 1.29 is 4.79 Å². The summed E-state index contributed by atoms with van der Waals surface area (Å²) < 4.78 is 0. The molecule has 4 heteroatoms. The number of rotatable bonds is 2. The predicted molar refractivity (Wildman–Crippen MR) is 57.5 cm³/mol. The van der Waals surface area contributed by atoms with Crippen molar-refractivity contribution in [2.75, 3.05) is 0 Å². The lowest BCUT2D eigenvalue weighted by atomic mass is 10.0. The van der Waals surface area contributed by atoms with Gasteiger partial charge in [0.05, 0.1) is 18.4 Å². The summed E-state index contributed by atoms with van der Waals surface area (Å²) in [4.78, 5) is 11.8. The third-order valence-electron chi connectivity index (χ3n) is 2.27. The van der Waals surface area contributed by atoms with Crippen LogP contribution in [0.1, 0.15) is 17.3 Å². The van der Waals surface area contributed by atoms with Gasteiger partial charge in [0.15, 0.2) is 5.78 Å². The second-order valence-electron chi connectivity index (χ2n) is 3.45. The van der Waals surface area contributed by atoms with Gasteiger partial charge in [-0.25, -0.2) is 0 Å². The van der Waals surface area contributed by atoms with Crippen LogP contribution in [0.15, 0.2) is 30.6 Å². The minimum Gasteiger partial charge on any atom is -0.321 e. The average Bonchev–Trinajstić information content (AvgIpc) is 2.27. The summed E-state index contributed by atoms with van der Waals surface area (Å²) >= 11 is 0. The van der Waals surface area contributed by atoms with E-state index >= 15 is 0 Å². The van der Waals surface area contributed by atoms with Crippen LogP contribution in [0, 0.1) is 0 Å². The normalized spacial score (nSPS) is 12.7. The highest BCUT2D eigenvalue weighted by molar-refractivity contribution is 6.09. The van der Waals surface area contributed by atoms with Gasteiger partial charge in [-0.3, -0.25) is 4.79 Å². The molecule has 1 unspecified atom stereocenters. The molecule has 1 aromatic carbocycles. The first-order chi connectivity index (χ1) is 7.20. The van der Waals surface area contributed by atoms with E-state index in [1.807, 2.05) is 12.1 Å². The number of benzene rings is 1. The van der Waals surface area contributed by atoms with Crippen molar-refractivity contribution in [3.63, 3.8) is 0 Å². The molecule has 0 spiro atoms. The maximum Gasteiger partial charge on any atom is 0.179 e. The van der Waals surface area contributed by atoms with Gasteiger partial charge in [-0.2, -0.15) is 10.2 Å². The minimum atomic E-state index is -0.497. The standard InChI is InChI=1S/C11H11N3O/c1-7(12)11(15)9-4-2-3-8-5-13-14-6-10(8)9/h2-7H,12H2,1H3. The van der Waals surface area contributed by atoms with Gasteiger partial charge >= 0.3 is 0 Å². The summed E-state index contributed by atoms with van der Waals surface area (Å²) in [6.07, 6.45) is 3.22. The third kappa shape index (κ3) is 1.71. The molecule has 2 rings (SSSR count). The third-order valence-corrected chi connectivity index (χ3v) is 2.27. The number of nitrogens with zero attached hydrogens (tertiary/aromatic N) is 2. The highest BCUT2D eigenvalue weighted by atomic mass is 16.1. The van der Waals surface area contributed by atoms with Gasteiger partial charge in [-0.05, 0) is 6.92 Å². The monoisotopic (exact) mass is 201 g/mol. The Balaban J connectivity index is 2.66. The quantitative estimate of drug-likeness (QED) is 0.740. The van der Waals surface area contributed by atoms with Crippen LogP contribution in [0.3, 0.4) is 0 Å². The summed E-state index contributed by atoms with van der Waals surface area (Å²) in [5.41, 5.74) is 6.18. The molecule has 0 aliphatic rings. The first-order valence-electron chi connectivity index (χ1n) is 4.69. The number of hydrogen-bond acceptors (Lipinski definition) is 4. The van der Waals surface area contributed by atoms with E-state index in [2.05, 4.69) is 10.2 Å². The number of hydrogen-bond donors (Lipinski definition) is 1. The van der Waals surface area contributed by atoms with Crippen LogP contribution in [-0.2, 0) is 0 Å². The largest absolute Gasteiger partial charge is 0.321 e. The van der Waals surface area contributed by atoms with Crippen molar-refractivity contribution in [1.82, 2.24) is 10.2 Å². The molecule has 1 heterocycles. The highest BCUT2D eigenvalue weighted by Gasteiger charge is 2.13. The van der Waals surface area contributed by atoms with Crippen molar-refractivity contribution in [1.29, 1.82) is 0 Å². The van der Waals surface area contributed by atoms with Gasteiger partial charge < -0.3 is 5.73 Å². The lowest BCUT2D eigenvalue weighted by Crippen LogP contribution is -2.26. The number of carbonyl (C=O) groups excluding carboxylic acids is 1. The zero-order valence-electron chi connectivity index (χ0n) is 8.34. The van der Waals surface area contributed by atoms with E-state index in [1.165, 1.54) is 0 Å². The number of carbonyl (C=O) groups is 1. The van der Waals surface area contributed by atoms with E-state index in [1.54, 1.807) is 25.4 Å². The zero-order valence-corrected chi connectivity index (χ0v) is 8.34. The minimum absolute atomic E-state index is 0.0754. The number of aromatic nitrogens is 2. The van der Waals surface area contributed by atoms with Crippen LogP contribution in [0.2, 0.25) is 0 Å². The number of fused-ring (bicyclic) bond motifs is 1. The SMILES string of the molecule is CC(N)C(=O)c1cccc2cnncc12. The van der Waals surface area contributed by atoms with E-state index in [0.29, 0.717) is 5.56 Å². The molecule has 0 bridgehead atoms. The Labute approximate surface area is 87.1 Å². The molecule has 15 heavy (non-hydrogen) atoms. The van der Waals surface area contributed by atoms with Crippen molar-refractivity contribution in [2.45, 2.75) is 13.0 Å². The Morgan fingerprint density at radius 2 is 2.07 bits per heavy atom. The fourth-order valence-electron chi connectivity index (χ4n) is 1.49. The topological polar surface area (TPSA) is 68.9 Å². The number of Topliss-reactive ketones (excluding diaryl/α,β-unsaturated/α-hetero) is 1. The zero-order chi connectivity index (χ0) is 10.8. The molecule has 1 aromatic heterocycles. The molecular weight excluding hydrogens is 190 g/mol. The Bertz CT molecular complexity index is 503. The molecule has 0 saturated carbocycles. The maximum atomic E-state index is 11.8. The number of ketones is 1. The lowest BCUT2D eigenvalue weighted by Gasteiger charge is -2.06. The predicted octanol–water partition coefficient (Wildman–Crippen LogP) is 1.16. The maximum absolute atomic E-state index is 11.8. The van der Waals surface area contributed by atoms with Crippen LogP contribution < -0.4 is 5.73 Å². The van der Waals surface area contributed by atoms with Gasteiger partial charge in [-0.15, -0.1) is 0 Å². The lowest BCUT2D eigenvalue weighted by molar-refractivity contribution is 0.0969. The molecule has 2 aromatic rings. The molecule has 0 fully saturated rings. The van der Waals surface area contributed by atoms with Gasteiger partial charge in [-0.1, -0.05) is 18.2 Å². The Morgan fingerprint density at radius 3 is 2.80 bits per heavy atom. The first kappa shape index (κ1) is 9.73. The smallest absolute Gasteiger partial charge is 0.179 e. The van der Waals surface area contributed by atoms with Crippen molar-refractivity contribution in [2.24, 2.45) is 5.73 Å². The molecule has 0 aliphatic heterocycles. The summed E-state index contributed by atoms with van der Waals surface area (Å²) in [6, 6.07) is 4.97. The highest BCUT2D eigenvalue weighted by Crippen LogP contribution is 2.17. The Morgan fingerprint density at radius 1 is 1.33 bits per heavy atom. The summed E-state index contributed by atoms with van der Waals surface area (Å²) in [5, 5.41) is 9.24. The summed E-state index contributed by atoms with van der Waals surface area (Å²) in [7, 11) is 0. The van der Waals surface area contributed by atoms with E-state index in [9.17, 15) is 4.79 Å². The van der Waals surface area contributed by atoms with E-state index in [-0.39, 0.29) is 5.78 Å². The second-order valence-corrected chi connectivity index (χ2v) is 3.45. The molecular formula is C11H11N3O. The van der Waals surface area contributed by atoms with Gasteiger partial charge in [0.1, 0.15) is 0 Å². The summed E-state index contributed by atoms with van der Waals surface area (Å²) in [6.45, 7) is 1.68. The van der Waals surface area contributed by atoms with Crippen molar-refractivity contribution in [3.05, 3.63) is 36.2 Å². The van der Waals surface area contributed by atoms with Crippen LogP contribution in [0.4, 0.5) is 0 Å². The van der Waals surface area contributed by atoms with E-state index in [4.69, 9.17) is 5.73 Å². The molecule has 1 atom stereocenters. The second kappa shape index (κ2) is 3.74. The molecule has 2 N–H and O–H groups in total. The van der Waals surface area contributed by atoms with Crippen molar-refractivity contribution in [3.8, 4) is 0 Å². The van der Waals surface area contributed by atoms with E-state index < -0.39 is 6.04 Å². The molecule has 76 valence electrons. The van der Waals surface area contributed by atoms with E-state index in [0.717, 1.165) is 10.8 Å². The fraction of sp³-hybridized carbons (Fsp3) is 0.182. The average molecular weight is 201 g/mol. The molecule has 0 saturated heterocycles. The van der Waals surface area contributed by atoms with Crippen LogP contribution >= 0.6 is 0 Å². The van der Waals surface area contributed by atoms with Crippen molar-refractivity contribution >= 4 is 16.6 Å². The number of nitrogens with two attached hydrogens (primary N) is 1. The first-order valence-corrected chi connectivity index (χ1v) is 4.69. The summed E-state index contributed by atoms with van der Waals surface area (Å²) in [5.74, 6) is -0.0754. The molecule has 0 aliphatic carbocycles. The fourth-order valence-corrected chi connectivity index (χ4v) is 1.49.